The summed E-state index contributed by atoms with van der Waals surface area (Å²) in [5.74, 6) is 0. The molecule has 1 aliphatic heterocycles. The molecule has 1 N–H and O–H groups in total. The Balaban J connectivity index is 1.32. The molecule has 3 aromatic rings. The quantitative estimate of drug-likeness (QED) is 0.563. The predicted octanol–water partition coefficient (Wildman–Crippen LogP) is 5.26. The third-order valence-corrected chi connectivity index (χ3v) is 6.62. The summed E-state index contributed by atoms with van der Waals surface area (Å²) in [5.41, 5.74) is 2.75. The van der Waals surface area contributed by atoms with Gasteiger partial charge in [0.05, 0.1) is 10.5 Å². The second-order valence-corrected chi connectivity index (χ2v) is 8.94. The van der Waals surface area contributed by atoms with E-state index >= 15 is 0 Å². The summed E-state index contributed by atoms with van der Waals surface area (Å²) >= 11 is 0. The zero-order valence-electron chi connectivity index (χ0n) is 16.8. The molecule has 0 amide bonds. The summed E-state index contributed by atoms with van der Waals surface area (Å²) in [6.07, 6.45) is -3.65. The molecule has 2 atom stereocenters. The van der Waals surface area contributed by atoms with Crippen molar-refractivity contribution in [3.8, 4) is 11.1 Å². The minimum absolute atomic E-state index is 0.0287. The number of nitrogens with zero attached hydrogens (tertiary/aromatic N) is 1. The van der Waals surface area contributed by atoms with Crippen LogP contribution >= 0.6 is 0 Å². The number of alkyl halides is 3. The summed E-state index contributed by atoms with van der Waals surface area (Å²) < 4.78 is 54.2. The fraction of sp³-hybridized carbons (Fsp3) is 0.250. The van der Waals surface area contributed by atoms with Crippen molar-refractivity contribution in [3.63, 3.8) is 0 Å². The second kappa shape index (κ2) is 9.34. The predicted molar refractivity (Wildman–Crippen MR) is 117 cm³/mol. The van der Waals surface area contributed by atoms with E-state index in [1.165, 1.54) is 28.8 Å². The van der Waals surface area contributed by atoms with Gasteiger partial charge in [-0.25, -0.2) is 8.93 Å². The highest BCUT2D eigenvalue weighted by molar-refractivity contribution is 7.83. The van der Waals surface area contributed by atoms with Crippen LogP contribution in [0.25, 0.3) is 11.1 Å². The first-order valence-corrected chi connectivity index (χ1v) is 11.3. The number of hydrogen-bond donors (Lipinski definition) is 1. The lowest BCUT2D eigenvalue weighted by molar-refractivity contribution is -0.137. The van der Waals surface area contributed by atoms with Gasteiger partial charge in [0.15, 0.2) is 0 Å². The first-order valence-electron chi connectivity index (χ1n) is 10.1. The molecule has 0 saturated carbocycles. The number of benzene rings is 3. The fourth-order valence-electron chi connectivity index (χ4n) is 3.77. The van der Waals surface area contributed by atoms with Gasteiger partial charge in [0, 0.05) is 25.7 Å². The van der Waals surface area contributed by atoms with Gasteiger partial charge in [-0.1, -0.05) is 60.7 Å². The number of likely N-dealkylation sites (tertiary alicyclic amines) is 1. The maximum absolute atomic E-state index is 12.9. The third-order valence-electron chi connectivity index (χ3n) is 5.39. The van der Waals surface area contributed by atoms with Crippen LogP contribution in [0.3, 0.4) is 0 Å². The lowest BCUT2D eigenvalue weighted by atomic mass is 10.0. The van der Waals surface area contributed by atoms with Gasteiger partial charge in [-0.15, -0.1) is 0 Å². The van der Waals surface area contributed by atoms with E-state index in [9.17, 15) is 17.4 Å². The van der Waals surface area contributed by atoms with Crippen LogP contribution < -0.4 is 4.72 Å². The Kier molecular flexibility index (Phi) is 6.55. The number of hydrogen-bond acceptors (Lipinski definition) is 2. The standard InChI is InChI=1S/C24H23F3N2OS/c25-24(26,27)21-7-4-8-23(15-21)31(30)28-22-13-14-29(17-22)16-18-9-11-20(12-10-18)19-5-2-1-3-6-19/h1-12,15,22,28H,13-14,16-17H2. The maximum Gasteiger partial charge on any atom is 0.416 e. The summed E-state index contributed by atoms with van der Waals surface area (Å²) in [7, 11) is -1.68. The highest BCUT2D eigenvalue weighted by Crippen LogP contribution is 2.30. The van der Waals surface area contributed by atoms with Crippen LogP contribution in [0.1, 0.15) is 17.5 Å². The molecular weight excluding hydrogens is 421 g/mol. The van der Waals surface area contributed by atoms with E-state index in [0.717, 1.165) is 31.6 Å². The van der Waals surface area contributed by atoms with Crippen LogP contribution in [0.15, 0.2) is 83.8 Å². The number of rotatable bonds is 6. The van der Waals surface area contributed by atoms with E-state index in [1.54, 1.807) is 0 Å². The van der Waals surface area contributed by atoms with Crippen molar-refractivity contribution in [1.29, 1.82) is 0 Å². The van der Waals surface area contributed by atoms with Gasteiger partial charge < -0.3 is 0 Å². The molecule has 1 heterocycles. The van der Waals surface area contributed by atoms with E-state index in [-0.39, 0.29) is 10.9 Å². The first-order chi connectivity index (χ1) is 14.9. The van der Waals surface area contributed by atoms with Crippen molar-refractivity contribution in [1.82, 2.24) is 9.62 Å². The molecule has 0 spiro atoms. The van der Waals surface area contributed by atoms with E-state index in [4.69, 9.17) is 0 Å². The van der Waals surface area contributed by atoms with Gasteiger partial charge >= 0.3 is 6.18 Å². The lowest BCUT2D eigenvalue weighted by Gasteiger charge is -2.17. The van der Waals surface area contributed by atoms with Crippen LogP contribution in [-0.4, -0.2) is 28.2 Å². The Morgan fingerprint density at radius 1 is 0.935 bits per heavy atom. The third kappa shape index (κ3) is 5.61. The molecule has 162 valence electrons. The van der Waals surface area contributed by atoms with Gasteiger partial charge in [-0.3, -0.25) is 4.90 Å². The molecule has 1 fully saturated rings. The van der Waals surface area contributed by atoms with Crippen molar-refractivity contribution in [2.75, 3.05) is 13.1 Å². The van der Waals surface area contributed by atoms with Gasteiger partial charge in [0.2, 0.25) is 0 Å². The maximum atomic E-state index is 12.9. The van der Waals surface area contributed by atoms with Crippen LogP contribution in [-0.2, 0) is 23.7 Å². The highest BCUT2D eigenvalue weighted by atomic mass is 32.2. The minimum atomic E-state index is -4.44. The number of halogens is 3. The molecular formula is C24H23F3N2OS. The van der Waals surface area contributed by atoms with Gasteiger partial charge in [-0.05, 0) is 41.3 Å². The topological polar surface area (TPSA) is 32.3 Å². The molecule has 4 rings (SSSR count). The zero-order valence-corrected chi connectivity index (χ0v) is 17.6. The largest absolute Gasteiger partial charge is 0.416 e. The summed E-state index contributed by atoms with van der Waals surface area (Å²) in [5, 5.41) is 0. The second-order valence-electron chi connectivity index (χ2n) is 7.70. The van der Waals surface area contributed by atoms with Crippen LogP contribution in [0.4, 0.5) is 13.2 Å². The molecule has 7 heteroatoms. The zero-order chi connectivity index (χ0) is 21.8. The molecule has 31 heavy (non-hydrogen) atoms. The minimum Gasteiger partial charge on any atom is -0.297 e. The van der Waals surface area contributed by atoms with Crippen LogP contribution in [0.2, 0.25) is 0 Å². The Hall–Kier alpha value is -2.48. The van der Waals surface area contributed by atoms with E-state index in [1.807, 2.05) is 18.2 Å². The normalized spacial score (nSPS) is 18.2. The molecule has 1 saturated heterocycles. The molecule has 0 radical (unpaired) electrons. The van der Waals surface area contributed by atoms with Crippen LogP contribution in [0.5, 0.6) is 0 Å². The van der Waals surface area contributed by atoms with Crippen molar-refractivity contribution in [2.24, 2.45) is 0 Å². The van der Waals surface area contributed by atoms with Crippen molar-refractivity contribution < 1.29 is 17.4 Å². The lowest BCUT2D eigenvalue weighted by Crippen LogP contribution is -2.33. The Morgan fingerprint density at radius 2 is 1.65 bits per heavy atom. The van der Waals surface area contributed by atoms with E-state index in [2.05, 4.69) is 46.0 Å². The summed E-state index contributed by atoms with van der Waals surface area (Å²) in [6, 6.07) is 23.3. The first kappa shape index (κ1) is 21.7. The Labute approximate surface area is 182 Å². The summed E-state index contributed by atoms with van der Waals surface area (Å²) in [4.78, 5) is 2.41. The Bertz CT molecular complexity index is 1040. The van der Waals surface area contributed by atoms with Crippen molar-refractivity contribution in [3.05, 3.63) is 90.0 Å². The SMILES string of the molecule is O=S(NC1CCN(Cc2ccc(-c3ccccc3)cc2)C1)c1cccc(C(F)(F)F)c1. The molecule has 3 nitrogen and oxygen atoms in total. The van der Waals surface area contributed by atoms with Crippen molar-refractivity contribution >= 4 is 11.0 Å². The van der Waals surface area contributed by atoms with E-state index in [0.29, 0.717) is 6.54 Å². The highest BCUT2D eigenvalue weighted by Gasteiger charge is 2.31. The fourth-order valence-corrected chi connectivity index (χ4v) is 4.84. The average molecular weight is 445 g/mol. The molecule has 1 aliphatic rings. The van der Waals surface area contributed by atoms with Gasteiger partial charge in [0.1, 0.15) is 11.0 Å². The van der Waals surface area contributed by atoms with Gasteiger partial charge in [-0.2, -0.15) is 13.2 Å². The monoisotopic (exact) mass is 444 g/mol. The van der Waals surface area contributed by atoms with Gasteiger partial charge in [0.25, 0.3) is 0 Å². The molecule has 3 aromatic carbocycles. The molecule has 0 aromatic heterocycles. The van der Waals surface area contributed by atoms with Crippen molar-refractivity contribution in [2.45, 2.75) is 30.1 Å². The smallest absolute Gasteiger partial charge is 0.297 e. The average Bonchev–Trinajstić information content (AvgIpc) is 3.21. The molecule has 2 unspecified atom stereocenters. The summed E-state index contributed by atoms with van der Waals surface area (Å²) in [6.45, 7) is 2.33. The molecule has 0 aliphatic carbocycles. The van der Waals surface area contributed by atoms with Crippen LogP contribution in [0, 0.1) is 0 Å². The number of nitrogens with one attached hydrogen (secondary N) is 1. The molecule has 0 bridgehead atoms. The Morgan fingerprint density at radius 3 is 2.35 bits per heavy atom. The van der Waals surface area contributed by atoms with E-state index < -0.39 is 22.7 Å².